The third-order valence-electron chi connectivity index (χ3n) is 13.6. The van der Waals surface area contributed by atoms with Crippen LogP contribution in [0.5, 0.6) is 0 Å². The molecule has 0 unspecified atom stereocenters. The lowest BCUT2D eigenvalue weighted by Gasteiger charge is -2.21. The van der Waals surface area contributed by atoms with E-state index in [9.17, 15) is 0 Å². The van der Waals surface area contributed by atoms with Crippen LogP contribution in [-0.2, 0) is 5.41 Å². The van der Waals surface area contributed by atoms with Crippen LogP contribution in [-0.4, -0.2) is 24.1 Å². The first kappa shape index (κ1) is 37.2. The van der Waals surface area contributed by atoms with E-state index in [1.807, 2.05) is 0 Å². The molecule has 0 amide bonds. The number of para-hydroxylation sites is 1. The molecule has 12 aromatic rings. The van der Waals surface area contributed by atoms with E-state index >= 15 is 0 Å². The van der Waals surface area contributed by atoms with Crippen LogP contribution in [0.2, 0.25) is 0 Å². The molecule has 9 aromatic carbocycles. The van der Waals surface area contributed by atoms with Gasteiger partial charge in [-0.25, -0.2) is 0 Å². The monoisotopic (exact) mass is 831 g/mol. The van der Waals surface area contributed by atoms with Crippen molar-refractivity contribution in [3.63, 3.8) is 0 Å². The summed E-state index contributed by atoms with van der Waals surface area (Å²) in [4.78, 5) is 16.8. The summed E-state index contributed by atoms with van der Waals surface area (Å²) in [6, 6.07) is 76.1. The number of aromatic nitrogens is 5. The molecular weight excluding hydrogens is 791 g/mol. The number of nitrogens with zero attached hydrogens (tertiary/aromatic N) is 5. The fourth-order valence-electron chi connectivity index (χ4n) is 10.5. The number of hydrogen-bond acceptors (Lipinski definition) is 3. The number of benzene rings is 9. The second-order valence-corrected chi connectivity index (χ2v) is 17.6. The Morgan fingerprint density at radius 2 is 0.738 bits per heavy atom. The highest BCUT2D eigenvalue weighted by Gasteiger charge is 2.37. The molecule has 1 aliphatic carbocycles. The predicted molar refractivity (Wildman–Crippen MR) is 268 cm³/mol. The summed E-state index contributed by atoms with van der Waals surface area (Å²) in [7, 11) is 0. The Morgan fingerprint density at radius 3 is 1.28 bits per heavy atom. The highest BCUT2D eigenvalue weighted by molar-refractivity contribution is 6.12. The van der Waals surface area contributed by atoms with Crippen LogP contribution in [0, 0.1) is 0 Å². The van der Waals surface area contributed by atoms with Crippen LogP contribution in [0.3, 0.4) is 0 Å². The fourth-order valence-corrected chi connectivity index (χ4v) is 10.5. The molecule has 0 saturated carbocycles. The number of fused-ring (bicyclic) bond motifs is 9. The van der Waals surface area contributed by atoms with E-state index < -0.39 is 0 Å². The van der Waals surface area contributed by atoms with Gasteiger partial charge < -0.3 is 0 Å². The predicted octanol–water partition coefficient (Wildman–Crippen LogP) is 15.0. The minimum absolute atomic E-state index is 0.199. The van der Waals surface area contributed by atoms with E-state index in [1.54, 1.807) is 0 Å². The fraction of sp³-hybridized carbons (Fsp3) is 0.0500. The van der Waals surface area contributed by atoms with Crippen molar-refractivity contribution in [1.29, 1.82) is 0 Å². The average molecular weight is 832 g/mol. The van der Waals surface area contributed by atoms with E-state index in [0.29, 0.717) is 17.7 Å². The van der Waals surface area contributed by atoms with Crippen molar-refractivity contribution < 1.29 is 0 Å². The maximum atomic E-state index is 5.62. The van der Waals surface area contributed by atoms with E-state index in [0.717, 1.165) is 82.6 Å². The van der Waals surface area contributed by atoms with Gasteiger partial charge in [0.15, 0.2) is 5.82 Å². The highest BCUT2D eigenvalue weighted by atomic mass is 15.3. The van der Waals surface area contributed by atoms with Crippen molar-refractivity contribution >= 4 is 43.6 Å². The van der Waals surface area contributed by atoms with Gasteiger partial charge in [-0.3, -0.25) is 9.13 Å². The van der Waals surface area contributed by atoms with Gasteiger partial charge >= 0.3 is 0 Å². The van der Waals surface area contributed by atoms with Crippen LogP contribution in [0.1, 0.15) is 25.0 Å². The van der Waals surface area contributed by atoms with Gasteiger partial charge in [0.25, 0.3) is 0 Å². The Bertz CT molecular complexity index is 3750. The first-order valence-electron chi connectivity index (χ1n) is 22.3. The quantitative estimate of drug-likeness (QED) is 0.168. The van der Waals surface area contributed by atoms with Gasteiger partial charge in [0.2, 0.25) is 11.9 Å². The van der Waals surface area contributed by atoms with Crippen LogP contribution >= 0.6 is 0 Å². The molecule has 0 spiro atoms. The van der Waals surface area contributed by atoms with Gasteiger partial charge in [-0.05, 0) is 79.9 Å². The highest BCUT2D eigenvalue weighted by Crippen LogP contribution is 2.52. The van der Waals surface area contributed by atoms with Gasteiger partial charge in [0, 0.05) is 32.5 Å². The van der Waals surface area contributed by atoms with Crippen molar-refractivity contribution in [3.8, 4) is 67.8 Å². The normalized spacial score (nSPS) is 12.9. The van der Waals surface area contributed by atoms with Gasteiger partial charge in [-0.2, -0.15) is 15.0 Å². The van der Waals surface area contributed by atoms with E-state index in [4.69, 9.17) is 15.0 Å². The van der Waals surface area contributed by atoms with Crippen LogP contribution in [0.25, 0.3) is 111 Å². The molecule has 13 rings (SSSR count). The molecule has 0 radical (unpaired) electrons. The summed E-state index contributed by atoms with van der Waals surface area (Å²) in [6.07, 6.45) is 0. The van der Waals surface area contributed by atoms with Crippen LogP contribution in [0.15, 0.2) is 212 Å². The summed E-state index contributed by atoms with van der Waals surface area (Å²) >= 11 is 0. The molecule has 0 fully saturated rings. The summed E-state index contributed by atoms with van der Waals surface area (Å²) in [5.41, 5.74) is 16.6. The lowest BCUT2D eigenvalue weighted by atomic mass is 9.82. The number of rotatable bonds is 6. The second kappa shape index (κ2) is 14.3. The van der Waals surface area contributed by atoms with Crippen molar-refractivity contribution in [3.05, 3.63) is 223 Å². The summed E-state index contributed by atoms with van der Waals surface area (Å²) in [5, 5.41) is 4.53. The molecule has 5 heteroatoms. The zero-order chi connectivity index (χ0) is 43.2. The maximum absolute atomic E-state index is 5.62. The molecule has 5 nitrogen and oxygen atoms in total. The van der Waals surface area contributed by atoms with Crippen LogP contribution < -0.4 is 0 Å². The molecule has 0 saturated heterocycles. The van der Waals surface area contributed by atoms with Crippen LogP contribution in [0.4, 0.5) is 0 Å². The molecular formula is C60H41N5. The molecule has 65 heavy (non-hydrogen) atoms. The first-order chi connectivity index (χ1) is 32.0. The zero-order valence-corrected chi connectivity index (χ0v) is 35.9. The Kier molecular flexibility index (Phi) is 8.18. The summed E-state index contributed by atoms with van der Waals surface area (Å²) in [5.74, 6) is 1.72. The van der Waals surface area contributed by atoms with Crippen molar-refractivity contribution in [2.45, 2.75) is 19.3 Å². The standard InChI is InChI=1S/C60H41N5/c1-60(2)50-26-14-12-24-48(50)56-49(25-16-27-51(56)60)57-61-58(64-52-28-15-13-23-44(52)45-32-29-41(35-53(45)64)38-17-6-3-7-18-38)63-59(62-57)65-54-36-42(39-19-8-4-9-20-39)30-33-46(54)47-34-31-43(37-55(47)65)40-21-10-5-11-22-40/h3-37H,1-2H3. The second-order valence-electron chi connectivity index (χ2n) is 17.6. The topological polar surface area (TPSA) is 48.5 Å². The first-order valence-corrected chi connectivity index (χ1v) is 22.3. The Labute approximate surface area is 376 Å². The van der Waals surface area contributed by atoms with E-state index in [-0.39, 0.29) is 5.41 Å². The van der Waals surface area contributed by atoms with Crippen molar-refractivity contribution in [2.24, 2.45) is 0 Å². The molecule has 0 aliphatic heterocycles. The van der Waals surface area contributed by atoms with Gasteiger partial charge in [-0.1, -0.05) is 202 Å². The zero-order valence-electron chi connectivity index (χ0n) is 35.9. The molecule has 0 N–H and O–H groups in total. The largest absolute Gasteiger partial charge is 0.278 e. The van der Waals surface area contributed by atoms with E-state index in [2.05, 4.69) is 235 Å². The molecule has 306 valence electrons. The van der Waals surface area contributed by atoms with E-state index in [1.165, 1.54) is 22.3 Å². The molecule has 3 heterocycles. The van der Waals surface area contributed by atoms with Gasteiger partial charge in [0.05, 0.1) is 22.1 Å². The molecule has 3 aromatic heterocycles. The molecule has 0 atom stereocenters. The van der Waals surface area contributed by atoms with Crippen molar-refractivity contribution in [2.75, 3.05) is 0 Å². The molecule has 1 aliphatic rings. The molecule has 0 bridgehead atoms. The maximum Gasteiger partial charge on any atom is 0.240 e. The lowest BCUT2D eigenvalue weighted by Crippen LogP contribution is -2.15. The average Bonchev–Trinajstić information content (AvgIpc) is 3.96. The number of hydrogen-bond donors (Lipinski definition) is 0. The minimum Gasteiger partial charge on any atom is -0.278 e. The Morgan fingerprint density at radius 1 is 0.323 bits per heavy atom. The van der Waals surface area contributed by atoms with Gasteiger partial charge in [0.1, 0.15) is 0 Å². The third-order valence-corrected chi connectivity index (χ3v) is 13.6. The Hall–Kier alpha value is -8.41. The Balaban J connectivity index is 1.16. The summed E-state index contributed by atoms with van der Waals surface area (Å²) < 4.78 is 4.51. The smallest absolute Gasteiger partial charge is 0.240 e. The third kappa shape index (κ3) is 5.75. The van der Waals surface area contributed by atoms with Gasteiger partial charge in [-0.15, -0.1) is 0 Å². The summed E-state index contributed by atoms with van der Waals surface area (Å²) in [6.45, 7) is 4.64. The minimum atomic E-state index is -0.199. The lowest BCUT2D eigenvalue weighted by molar-refractivity contribution is 0.660. The van der Waals surface area contributed by atoms with Crippen molar-refractivity contribution in [1.82, 2.24) is 24.1 Å². The SMILES string of the molecule is CC1(C)c2ccccc2-c2c(-c3nc(-n4c5ccccc5c5ccc(-c6ccccc6)cc54)nc(-n4c5cc(-c6ccccc6)ccc5c5ccc(-c6ccccc6)cc54)n3)cccc21.